The van der Waals surface area contributed by atoms with Gasteiger partial charge in [-0.25, -0.2) is 0 Å². The number of nitrogens with one attached hydrogen (secondary N) is 1. The predicted molar refractivity (Wildman–Crippen MR) is 65.2 cm³/mol. The van der Waals surface area contributed by atoms with Crippen LogP contribution in [-0.2, 0) is 12.0 Å². The fourth-order valence-electron chi connectivity index (χ4n) is 1.40. The second kappa shape index (κ2) is 5.56. The highest BCUT2D eigenvalue weighted by atomic mass is 32.1. The van der Waals surface area contributed by atoms with Gasteiger partial charge in [-0.05, 0) is 24.5 Å². The molecule has 0 aliphatic heterocycles. The highest BCUT2D eigenvalue weighted by Crippen LogP contribution is 2.25. The van der Waals surface area contributed by atoms with Crippen LogP contribution in [0.3, 0.4) is 0 Å². The van der Waals surface area contributed by atoms with Gasteiger partial charge in [0, 0.05) is 12.0 Å². The van der Waals surface area contributed by atoms with Crippen LogP contribution in [-0.4, -0.2) is 16.1 Å². The lowest BCUT2D eigenvalue weighted by Gasteiger charge is -2.16. The Balaban J connectivity index is 2.51. The summed E-state index contributed by atoms with van der Waals surface area (Å²) in [4.78, 5) is 1.28. The maximum Gasteiger partial charge on any atom is 0.0854 e. The Labute approximate surface area is 96.5 Å². The molecule has 0 aromatic carbocycles. The topological polar surface area (TPSA) is 37.8 Å². The van der Waals surface area contributed by atoms with Crippen molar-refractivity contribution >= 4 is 11.5 Å². The summed E-state index contributed by atoms with van der Waals surface area (Å²) in [7, 11) is 0. The number of rotatable bonds is 5. The van der Waals surface area contributed by atoms with E-state index in [2.05, 4.69) is 42.6 Å². The van der Waals surface area contributed by atoms with Gasteiger partial charge in [0.1, 0.15) is 0 Å². The van der Waals surface area contributed by atoms with E-state index in [-0.39, 0.29) is 5.41 Å². The summed E-state index contributed by atoms with van der Waals surface area (Å²) >= 11 is 1.51. The van der Waals surface area contributed by atoms with Crippen molar-refractivity contribution in [2.24, 2.45) is 0 Å². The lowest BCUT2D eigenvalue weighted by molar-refractivity contribution is 0.552. The summed E-state index contributed by atoms with van der Waals surface area (Å²) in [5.74, 6) is 0. The minimum atomic E-state index is 0.106. The van der Waals surface area contributed by atoms with Crippen LogP contribution < -0.4 is 5.32 Å². The maximum atomic E-state index is 4.21. The molecular formula is C11H21N3S. The second-order valence-corrected chi connectivity index (χ2v) is 5.66. The minimum Gasteiger partial charge on any atom is -0.312 e. The van der Waals surface area contributed by atoms with Gasteiger partial charge >= 0.3 is 0 Å². The number of aromatic nitrogens is 2. The average molecular weight is 227 g/mol. The monoisotopic (exact) mass is 227 g/mol. The Bertz CT molecular complexity index is 288. The smallest absolute Gasteiger partial charge is 0.0854 e. The van der Waals surface area contributed by atoms with Gasteiger partial charge < -0.3 is 5.32 Å². The first-order chi connectivity index (χ1) is 7.05. The quantitative estimate of drug-likeness (QED) is 0.786. The molecule has 3 nitrogen and oxygen atoms in total. The Morgan fingerprint density at radius 2 is 2.07 bits per heavy atom. The van der Waals surface area contributed by atoms with Gasteiger partial charge in [-0.3, -0.25) is 0 Å². The number of unbranched alkanes of at least 4 members (excludes halogenated alkanes) is 1. The molecule has 0 spiro atoms. The van der Waals surface area contributed by atoms with E-state index >= 15 is 0 Å². The zero-order chi connectivity index (χ0) is 11.3. The SMILES string of the molecule is CCCCNCc1snnc1C(C)(C)C. The van der Waals surface area contributed by atoms with E-state index in [1.54, 1.807) is 0 Å². The molecule has 0 aliphatic carbocycles. The zero-order valence-electron chi connectivity index (χ0n) is 10.1. The molecule has 0 bridgehead atoms. The number of hydrogen-bond donors (Lipinski definition) is 1. The molecule has 1 rings (SSSR count). The van der Waals surface area contributed by atoms with Crippen molar-refractivity contribution in [3.05, 3.63) is 10.6 Å². The van der Waals surface area contributed by atoms with Crippen LogP contribution in [0.15, 0.2) is 0 Å². The molecule has 1 N–H and O–H groups in total. The van der Waals surface area contributed by atoms with Crippen molar-refractivity contribution in [3.8, 4) is 0 Å². The molecule has 15 heavy (non-hydrogen) atoms. The van der Waals surface area contributed by atoms with E-state index in [1.165, 1.54) is 29.3 Å². The normalized spacial score (nSPS) is 12.0. The lowest BCUT2D eigenvalue weighted by Crippen LogP contribution is -2.19. The second-order valence-electron chi connectivity index (χ2n) is 4.83. The molecule has 1 heterocycles. The van der Waals surface area contributed by atoms with Gasteiger partial charge in [0.05, 0.1) is 10.6 Å². The predicted octanol–water partition coefficient (Wildman–Crippen LogP) is 2.73. The first kappa shape index (κ1) is 12.6. The van der Waals surface area contributed by atoms with Crippen LogP contribution in [0.5, 0.6) is 0 Å². The summed E-state index contributed by atoms with van der Waals surface area (Å²) < 4.78 is 4.04. The van der Waals surface area contributed by atoms with Gasteiger partial charge in [0.25, 0.3) is 0 Å². The molecule has 0 unspecified atom stereocenters. The van der Waals surface area contributed by atoms with E-state index in [0.29, 0.717) is 0 Å². The van der Waals surface area contributed by atoms with E-state index < -0.39 is 0 Å². The Kier molecular flexibility index (Phi) is 4.67. The third-order valence-electron chi connectivity index (χ3n) is 2.26. The first-order valence-electron chi connectivity index (χ1n) is 5.58. The van der Waals surface area contributed by atoms with Crippen LogP contribution >= 0.6 is 11.5 Å². The van der Waals surface area contributed by atoms with Gasteiger partial charge in [0.2, 0.25) is 0 Å². The van der Waals surface area contributed by atoms with Gasteiger partial charge in [-0.2, -0.15) is 0 Å². The van der Waals surface area contributed by atoms with Gasteiger partial charge in [-0.15, -0.1) is 5.10 Å². The van der Waals surface area contributed by atoms with E-state index in [9.17, 15) is 0 Å². The van der Waals surface area contributed by atoms with Crippen molar-refractivity contribution in [2.75, 3.05) is 6.54 Å². The molecule has 86 valence electrons. The lowest BCUT2D eigenvalue weighted by atomic mass is 9.91. The average Bonchev–Trinajstić information content (AvgIpc) is 2.59. The van der Waals surface area contributed by atoms with Crippen molar-refractivity contribution in [1.29, 1.82) is 0 Å². The summed E-state index contributed by atoms with van der Waals surface area (Å²) in [5.41, 5.74) is 1.24. The van der Waals surface area contributed by atoms with Crippen LogP contribution in [0.2, 0.25) is 0 Å². The molecule has 1 aromatic heterocycles. The highest BCUT2D eigenvalue weighted by Gasteiger charge is 2.21. The molecule has 0 aliphatic rings. The summed E-state index contributed by atoms with van der Waals surface area (Å²) in [6.07, 6.45) is 2.47. The summed E-state index contributed by atoms with van der Waals surface area (Å²) in [6.45, 7) is 10.7. The molecule has 0 radical (unpaired) electrons. The highest BCUT2D eigenvalue weighted by molar-refractivity contribution is 7.05. The standard InChI is InChI=1S/C11H21N3S/c1-5-6-7-12-8-9-10(11(2,3)4)13-14-15-9/h12H,5-8H2,1-4H3. The summed E-state index contributed by atoms with van der Waals surface area (Å²) in [5, 5.41) is 7.65. The first-order valence-corrected chi connectivity index (χ1v) is 6.35. The van der Waals surface area contributed by atoms with Crippen molar-refractivity contribution in [1.82, 2.24) is 14.9 Å². The van der Waals surface area contributed by atoms with Crippen LogP contribution in [0.1, 0.15) is 51.1 Å². The van der Waals surface area contributed by atoms with E-state index in [1.807, 2.05) is 0 Å². The molecular weight excluding hydrogens is 206 g/mol. The van der Waals surface area contributed by atoms with Crippen molar-refractivity contribution in [2.45, 2.75) is 52.5 Å². The van der Waals surface area contributed by atoms with E-state index in [4.69, 9.17) is 0 Å². The third kappa shape index (κ3) is 3.87. The van der Waals surface area contributed by atoms with Crippen LogP contribution in [0.4, 0.5) is 0 Å². The molecule has 1 aromatic rings. The van der Waals surface area contributed by atoms with Crippen molar-refractivity contribution in [3.63, 3.8) is 0 Å². The zero-order valence-corrected chi connectivity index (χ0v) is 10.9. The molecule has 0 atom stereocenters. The fraction of sp³-hybridized carbons (Fsp3) is 0.818. The Hall–Kier alpha value is -0.480. The van der Waals surface area contributed by atoms with E-state index in [0.717, 1.165) is 18.8 Å². The largest absolute Gasteiger partial charge is 0.312 e. The molecule has 4 heteroatoms. The van der Waals surface area contributed by atoms with Gasteiger partial charge in [-0.1, -0.05) is 38.6 Å². The van der Waals surface area contributed by atoms with Crippen molar-refractivity contribution < 1.29 is 0 Å². The minimum absolute atomic E-state index is 0.106. The number of nitrogens with zero attached hydrogens (tertiary/aromatic N) is 2. The molecule has 0 amide bonds. The summed E-state index contributed by atoms with van der Waals surface area (Å²) in [6, 6.07) is 0. The van der Waals surface area contributed by atoms with Gasteiger partial charge in [0.15, 0.2) is 0 Å². The fourth-order valence-corrected chi connectivity index (χ4v) is 2.22. The van der Waals surface area contributed by atoms with Crippen LogP contribution in [0, 0.1) is 0 Å². The Morgan fingerprint density at radius 1 is 1.33 bits per heavy atom. The number of hydrogen-bond acceptors (Lipinski definition) is 4. The molecule has 0 saturated carbocycles. The van der Waals surface area contributed by atoms with Crippen LogP contribution in [0.25, 0.3) is 0 Å². The molecule has 0 saturated heterocycles. The third-order valence-corrected chi connectivity index (χ3v) is 2.98. The Morgan fingerprint density at radius 3 is 2.67 bits per heavy atom. The molecule has 0 fully saturated rings. The maximum absolute atomic E-state index is 4.21.